The Morgan fingerprint density at radius 1 is 0.907 bits per heavy atom. The first-order valence-electron chi connectivity index (χ1n) is 14.3. The first-order chi connectivity index (χ1) is 20.1. The maximum Gasteiger partial charge on any atom is 0.244 e. The van der Waals surface area contributed by atoms with Gasteiger partial charge >= 0.3 is 0 Å². The summed E-state index contributed by atoms with van der Waals surface area (Å²) in [5.41, 5.74) is 2.77. The van der Waals surface area contributed by atoms with Crippen molar-refractivity contribution < 1.29 is 18.0 Å². The first-order valence-corrected chi connectivity index (χ1v) is 16.9. The molecule has 0 aliphatic carbocycles. The Bertz CT molecular complexity index is 1510. The van der Waals surface area contributed by atoms with Crippen LogP contribution in [-0.4, -0.2) is 50.0 Å². The van der Waals surface area contributed by atoms with Gasteiger partial charge in [0.2, 0.25) is 21.8 Å². The smallest absolute Gasteiger partial charge is 0.244 e. The van der Waals surface area contributed by atoms with Crippen molar-refractivity contribution in [3.63, 3.8) is 0 Å². The molecule has 0 bridgehead atoms. The average molecular weight is 647 g/mol. The SMILES string of the molecule is CC[C@H](C)NC(=O)[C@H](Cc1ccccc1)N(Cc1ccc(Cl)c(Cl)c1)C(=O)CN(c1ccc(C(C)(C)C)cc1)S(C)(=O)=O. The lowest BCUT2D eigenvalue weighted by Gasteiger charge is -2.34. The third kappa shape index (κ3) is 9.71. The fraction of sp³-hybridized carbons (Fsp3) is 0.394. The Balaban J connectivity index is 2.08. The van der Waals surface area contributed by atoms with E-state index in [1.807, 2.05) is 56.3 Å². The van der Waals surface area contributed by atoms with E-state index in [1.54, 1.807) is 30.3 Å². The van der Waals surface area contributed by atoms with Crippen LogP contribution in [0, 0.1) is 0 Å². The number of anilines is 1. The van der Waals surface area contributed by atoms with E-state index >= 15 is 0 Å². The molecule has 0 saturated heterocycles. The summed E-state index contributed by atoms with van der Waals surface area (Å²) in [5.74, 6) is -0.858. The van der Waals surface area contributed by atoms with Gasteiger partial charge in [0.1, 0.15) is 12.6 Å². The highest BCUT2D eigenvalue weighted by atomic mass is 35.5. The number of benzene rings is 3. The summed E-state index contributed by atoms with van der Waals surface area (Å²) in [7, 11) is -3.86. The largest absolute Gasteiger partial charge is 0.352 e. The summed E-state index contributed by atoms with van der Waals surface area (Å²) in [5, 5.41) is 3.69. The molecule has 0 spiro atoms. The van der Waals surface area contributed by atoms with Gasteiger partial charge < -0.3 is 10.2 Å². The van der Waals surface area contributed by atoms with Gasteiger partial charge in [-0.3, -0.25) is 13.9 Å². The van der Waals surface area contributed by atoms with Gasteiger partial charge in [-0.1, -0.05) is 99.4 Å². The van der Waals surface area contributed by atoms with Crippen molar-refractivity contribution in [1.29, 1.82) is 0 Å². The molecule has 0 heterocycles. The van der Waals surface area contributed by atoms with E-state index < -0.39 is 28.5 Å². The molecule has 2 atom stereocenters. The summed E-state index contributed by atoms with van der Waals surface area (Å²) in [6.45, 7) is 9.59. The van der Waals surface area contributed by atoms with Crippen molar-refractivity contribution in [3.8, 4) is 0 Å². The molecule has 0 aliphatic heterocycles. The lowest BCUT2D eigenvalue weighted by atomic mass is 9.87. The highest BCUT2D eigenvalue weighted by Crippen LogP contribution is 2.27. The number of halogens is 2. The molecule has 43 heavy (non-hydrogen) atoms. The van der Waals surface area contributed by atoms with Gasteiger partial charge in [-0.2, -0.15) is 0 Å². The predicted molar refractivity (Wildman–Crippen MR) is 176 cm³/mol. The summed E-state index contributed by atoms with van der Waals surface area (Å²) < 4.78 is 27.1. The van der Waals surface area contributed by atoms with Crippen molar-refractivity contribution in [2.75, 3.05) is 17.1 Å². The lowest BCUT2D eigenvalue weighted by molar-refractivity contribution is -0.140. The number of nitrogens with one attached hydrogen (secondary N) is 1. The van der Waals surface area contributed by atoms with Crippen LogP contribution in [0.15, 0.2) is 72.8 Å². The third-order valence-corrected chi connectivity index (χ3v) is 9.19. The number of sulfonamides is 1. The quantitative estimate of drug-likeness (QED) is 0.240. The van der Waals surface area contributed by atoms with Crippen LogP contribution in [0.3, 0.4) is 0 Å². The van der Waals surface area contributed by atoms with Crippen LogP contribution in [0.25, 0.3) is 0 Å². The molecule has 7 nitrogen and oxygen atoms in total. The van der Waals surface area contributed by atoms with Gasteiger partial charge in [-0.05, 0) is 59.7 Å². The van der Waals surface area contributed by atoms with E-state index in [0.29, 0.717) is 27.7 Å². The normalized spacial score (nSPS) is 13.2. The molecular weight excluding hydrogens is 605 g/mol. The number of rotatable bonds is 12. The molecule has 232 valence electrons. The number of amides is 2. The number of nitrogens with zero attached hydrogens (tertiary/aromatic N) is 2. The molecule has 2 amide bonds. The highest BCUT2D eigenvalue weighted by Gasteiger charge is 2.33. The zero-order chi connectivity index (χ0) is 31.9. The highest BCUT2D eigenvalue weighted by molar-refractivity contribution is 7.92. The maximum atomic E-state index is 14.2. The molecule has 0 fully saturated rings. The molecule has 3 aromatic carbocycles. The van der Waals surface area contributed by atoms with Gasteiger partial charge in [0, 0.05) is 19.0 Å². The molecule has 1 N–H and O–H groups in total. The van der Waals surface area contributed by atoms with E-state index in [4.69, 9.17) is 23.2 Å². The molecule has 10 heteroatoms. The molecule has 0 unspecified atom stereocenters. The monoisotopic (exact) mass is 645 g/mol. The Hall–Kier alpha value is -3.07. The summed E-state index contributed by atoms with van der Waals surface area (Å²) >= 11 is 12.5. The lowest BCUT2D eigenvalue weighted by Crippen LogP contribution is -2.54. The zero-order valence-electron chi connectivity index (χ0n) is 25.6. The van der Waals surface area contributed by atoms with Gasteiger partial charge in [0.05, 0.1) is 22.0 Å². The number of hydrogen-bond donors (Lipinski definition) is 1. The Morgan fingerprint density at radius 3 is 2.07 bits per heavy atom. The summed E-state index contributed by atoms with van der Waals surface area (Å²) in [6, 6.07) is 20.5. The van der Waals surface area contributed by atoms with Crippen LogP contribution in [-0.2, 0) is 38.0 Å². The van der Waals surface area contributed by atoms with Gasteiger partial charge in [0.15, 0.2) is 0 Å². The minimum Gasteiger partial charge on any atom is -0.352 e. The topological polar surface area (TPSA) is 86.8 Å². The van der Waals surface area contributed by atoms with E-state index in [-0.39, 0.29) is 30.3 Å². The second-order valence-electron chi connectivity index (χ2n) is 11.9. The molecule has 0 radical (unpaired) electrons. The van der Waals surface area contributed by atoms with Crippen LogP contribution in [0.5, 0.6) is 0 Å². The molecule has 0 aliphatic rings. The van der Waals surface area contributed by atoms with Gasteiger partial charge in [0.25, 0.3) is 0 Å². The van der Waals surface area contributed by atoms with Crippen LogP contribution in [0.4, 0.5) is 5.69 Å². The fourth-order valence-corrected chi connectivity index (χ4v) is 5.74. The van der Waals surface area contributed by atoms with Crippen molar-refractivity contribution in [2.24, 2.45) is 0 Å². The van der Waals surface area contributed by atoms with E-state index in [1.165, 1.54) is 4.90 Å². The maximum absolute atomic E-state index is 14.2. The van der Waals surface area contributed by atoms with E-state index in [9.17, 15) is 18.0 Å². The molecule has 0 aromatic heterocycles. The number of carbonyl (C=O) groups is 2. The van der Waals surface area contributed by atoms with Crippen molar-refractivity contribution >= 4 is 50.7 Å². The van der Waals surface area contributed by atoms with Crippen LogP contribution >= 0.6 is 23.2 Å². The van der Waals surface area contributed by atoms with E-state index in [0.717, 1.165) is 21.7 Å². The Kier molecular flexibility index (Phi) is 11.7. The summed E-state index contributed by atoms with van der Waals surface area (Å²) in [6.07, 6.45) is 2.00. The van der Waals surface area contributed by atoms with Gasteiger partial charge in [-0.25, -0.2) is 8.42 Å². The Labute approximate surface area is 266 Å². The fourth-order valence-electron chi connectivity index (χ4n) is 4.57. The van der Waals surface area contributed by atoms with Crippen LogP contribution < -0.4 is 9.62 Å². The van der Waals surface area contributed by atoms with Crippen molar-refractivity contribution in [1.82, 2.24) is 10.2 Å². The molecule has 3 rings (SSSR count). The van der Waals surface area contributed by atoms with Crippen molar-refractivity contribution in [3.05, 3.63) is 99.5 Å². The minimum absolute atomic E-state index is 0.0156. The zero-order valence-corrected chi connectivity index (χ0v) is 27.9. The average Bonchev–Trinajstić information content (AvgIpc) is 2.94. The third-order valence-electron chi connectivity index (χ3n) is 7.31. The van der Waals surface area contributed by atoms with Gasteiger partial charge in [-0.15, -0.1) is 0 Å². The van der Waals surface area contributed by atoms with E-state index in [2.05, 4.69) is 26.1 Å². The second kappa shape index (κ2) is 14.6. The number of carbonyl (C=O) groups excluding carboxylic acids is 2. The minimum atomic E-state index is -3.86. The predicted octanol–water partition coefficient (Wildman–Crippen LogP) is 6.61. The second-order valence-corrected chi connectivity index (χ2v) is 14.6. The Morgan fingerprint density at radius 2 is 1.53 bits per heavy atom. The van der Waals surface area contributed by atoms with Crippen LogP contribution in [0.2, 0.25) is 10.0 Å². The molecular formula is C33H41Cl2N3O4S. The molecule has 0 saturated carbocycles. The van der Waals surface area contributed by atoms with Crippen LogP contribution in [0.1, 0.15) is 57.7 Å². The number of hydrogen-bond acceptors (Lipinski definition) is 4. The standard InChI is InChI=1S/C33H41Cl2N3O4S/c1-7-23(2)36-32(40)30(20-24-11-9-8-10-12-24)37(21-25-13-18-28(34)29(35)19-25)31(39)22-38(43(6,41)42)27-16-14-26(15-17-27)33(3,4)5/h8-19,23,30H,7,20-22H2,1-6H3,(H,36,40)/t23-,30-/m0/s1. The first kappa shape index (κ1) is 34.4. The molecule has 3 aromatic rings. The van der Waals surface area contributed by atoms with Crippen molar-refractivity contribution in [2.45, 2.75) is 71.5 Å². The summed E-state index contributed by atoms with van der Waals surface area (Å²) in [4.78, 5) is 29.4.